The summed E-state index contributed by atoms with van der Waals surface area (Å²) in [5, 5.41) is 9.01. The van der Waals surface area contributed by atoms with Crippen LogP contribution in [0.25, 0.3) is 0 Å². The fourth-order valence-corrected chi connectivity index (χ4v) is 1.94. The standard InChI is InChI=1S/C18H36N4O/c1-14(2)8-5-6-9-16(12-11-15(3)4)22-18(20)21-13-7-10-17(19)23/h6,9,14-15,17,23H,5,7-8,10-13,19H2,1-4H3,(H2,20,21)/b9-6+,22-16?. The van der Waals surface area contributed by atoms with Crippen LogP contribution < -0.4 is 11.5 Å². The summed E-state index contributed by atoms with van der Waals surface area (Å²) in [6, 6.07) is 0. The molecule has 1 atom stereocenters. The third kappa shape index (κ3) is 15.5. The average molecular weight is 325 g/mol. The molecule has 5 heteroatoms. The third-order valence-electron chi connectivity index (χ3n) is 3.39. The second kappa shape index (κ2) is 13.3. The van der Waals surface area contributed by atoms with E-state index in [9.17, 15) is 0 Å². The number of nitrogens with two attached hydrogens (primary N) is 2. The first-order valence-corrected chi connectivity index (χ1v) is 8.79. The lowest BCUT2D eigenvalue weighted by molar-refractivity contribution is 0.170. The number of hydrogen-bond acceptors (Lipinski definition) is 3. The number of rotatable bonds is 11. The molecule has 0 saturated carbocycles. The van der Waals surface area contributed by atoms with Crippen LogP contribution in [0.4, 0.5) is 0 Å². The molecule has 5 N–H and O–H groups in total. The molecule has 0 radical (unpaired) electrons. The number of aliphatic hydroxyl groups excluding tert-OH is 1. The van der Waals surface area contributed by atoms with E-state index in [2.05, 4.69) is 49.8 Å². The van der Waals surface area contributed by atoms with Gasteiger partial charge in [0.15, 0.2) is 0 Å². The van der Waals surface area contributed by atoms with Crippen molar-refractivity contribution in [1.82, 2.24) is 0 Å². The maximum Gasteiger partial charge on any atom is 0.215 e. The molecule has 0 aromatic heterocycles. The van der Waals surface area contributed by atoms with Crippen molar-refractivity contribution in [3.05, 3.63) is 12.2 Å². The molecule has 134 valence electrons. The minimum atomic E-state index is -0.777. The number of hydrogen-bond donors (Lipinski definition) is 3. The number of allylic oxidation sites excluding steroid dienone is 2. The van der Waals surface area contributed by atoms with E-state index in [-0.39, 0.29) is 0 Å². The van der Waals surface area contributed by atoms with E-state index in [0.717, 1.165) is 25.0 Å². The highest BCUT2D eigenvalue weighted by molar-refractivity contribution is 6.02. The van der Waals surface area contributed by atoms with E-state index in [4.69, 9.17) is 16.6 Å². The summed E-state index contributed by atoms with van der Waals surface area (Å²) in [5.74, 6) is 1.65. The van der Waals surface area contributed by atoms with Gasteiger partial charge in [-0.25, -0.2) is 4.99 Å². The Hall–Kier alpha value is -1.20. The second-order valence-electron chi connectivity index (χ2n) is 6.86. The number of aliphatic imine (C=N–C) groups is 2. The van der Waals surface area contributed by atoms with Gasteiger partial charge >= 0.3 is 0 Å². The van der Waals surface area contributed by atoms with Gasteiger partial charge in [-0.1, -0.05) is 33.8 Å². The van der Waals surface area contributed by atoms with E-state index in [0.29, 0.717) is 37.2 Å². The minimum absolute atomic E-state index is 0.309. The van der Waals surface area contributed by atoms with Crippen LogP contribution in [0.15, 0.2) is 22.1 Å². The first-order valence-electron chi connectivity index (χ1n) is 8.79. The Kier molecular flexibility index (Phi) is 12.6. The maximum absolute atomic E-state index is 9.01. The van der Waals surface area contributed by atoms with Gasteiger partial charge in [-0.2, -0.15) is 0 Å². The summed E-state index contributed by atoms with van der Waals surface area (Å²) in [7, 11) is 0. The molecular weight excluding hydrogens is 288 g/mol. The van der Waals surface area contributed by atoms with Gasteiger partial charge in [0.2, 0.25) is 5.96 Å². The van der Waals surface area contributed by atoms with Crippen molar-refractivity contribution in [2.45, 2.75) is 72.4 Å². The largest absolute Gasteiger partial charge is 0.379 e. The smallest absolute Gasteiger partial charge is 0.215 e. The first kappa shape index (κ1) is 21.8. The van der Waals surface area contributed by atoms with Crippen LogP contribution in [-0.2, 0) is 0 Å². The van der Waals surface area contributed by atoms with Crippen LogP contribution in [0.1, 0.15) is 66.2 Å². The van der Waals surface area contributed by atoms with Crippen LogP contribution in [0.3, 0.4) is 0 Å². The third-order valence-corrected chi connectivity index (χ3v) is 3.39. The van der Waals surface area contributed by atoms with Gasteiger partial charge in [-0.15, -0.1) is 0 Å². The van der Waals surface area contributed by atoms with Crippen molar-refractivity contribution in [3.63, 3.8) is 0 Å². The molecule has 0 heterocycles. The van der Waals surface area contributed by atoms with Crippen LogP contribution in [0.2, 0.25) is 0 Å². The highest BCUT2D eigenvalue weighted by Gasteiger charge is 2.01. The fraction of sp³-hybridized carbons (Fsp3) is 0.778. The van der Waals surface area contributed by atoms with Crippen molar-refractivity contribution in [2.24, 2.45) is 33.3 Å². The van der Waals surface area contributed by atoms with Gasteiger partial charge in [-0.3, -0.25) is 4.99 Å². The normalized spacial score (nSPS) is 15.1. The molecule has 0 spiro atoms. The monoisotopic (exact) mass is 324 g/mol. The Bertz CT molecular complexity index is 384. The van der Waals surface area contributed by atoms with Gasteiger partial charge in [0.25, 0.3) is 0 Å². The molecule has 0 aromatic rings. The fourth-order valence-electron chi connectivity index (χ4n) is 1.94. The van der Waals surface area contributed by atoms with Crippen LogP contribution >= 0.6 is 0 Å². The maximum atomic E-state index is 9.01. The van der Waals surface area contributed by atoms with Gasteiger partial charge in [-0.05, 0) is 56.4 Å². The molecule has 0 fully saturated rings. The van der Waals surface area contributed by atoms with Gasteiger partial charge in [0.1, 0.15) is 6.23 Å². The van der Waals surface area contributed by atoms with Crippen molar-refractivity contribution in [2.75, 3.05) is 6.54 Å². The number of guanidine groups is 1. The summed E-state index contributed by atoms with van der Waals surface area (Å²) < 4.78 is 0. The predicted octanol–water partition coefficient (Wildman–Crippen LogP) is 3.23. The van der Waals surface area contributed by atoms with Crippen LogP contribution in [0.5, 0.6) is 0 Å². The van der Waals surface area contributed by atoms with Crippen molar-refractivity contribution < 1.29 is 5.11 Å². The second-order valence-corrected chi connectivity index (χ2v) is 6.86. The first-order chi connectivity index (χ1) is 10.8. The van der Waals surface area contributed by atoms with E-state index in [1.165, 1.54) is 6.42 Å². The molecule has 1 unspecified atom stereocenters. The molecule has 0 aliphatic carbocycles. The van der Waals surface area contributed by atoms with E-state index < -0.39 is 6.23 Å². The molecule has 0 rings (SSSR count). The number of aliphatic hydroxyl groups is 1. The molecule has 0 aliphatic rings. The number of nitrogens with zero attached hydrogens (tertiary/aromatic N) is 2. The molecule has 5 nitrogen and oxygen atoms in total. The molecule has 0 aliphatic heterocycles. The zero-order valence-electron chi connectivity index (χ0n) is 15.3. The van der Waals surface area contributed by atoms with E-state index in [1.54, 1.807) is 0 Å². The molecule has 0 amide bonds. The Morgan fingerprint density at radius 3 is 2.30 bits per heavy atom. The van der Waals surface area contributed by atoms with Crippen LogP contribution in [-0.4, -0.2) is 29.6 Å². The lowest BCUT2D eigenvalue weighted by Crippen LogP contribution is -2.19. The summed E-state index contributed by atoms with van der Waals surface area (Å²) in [6.45, 7) is 9.40. The van der Waals surface area contributed by atoms with Crippen LogP contribution in [0, 0.1) is 11.8 Å². The van der Waals surface area contributed by atoms with Crippen molar-refractivity contribution in [3.8, 4) is 0 Å². The molecule has 23 heavy (non-hydrogen) atoms. The van der Waals surface area contributed by atoms with E-state index >= 15 is 0 Å². The zero-order chi connectivity index (χ0) is 17.7. The highest BCUT2D eigenvalue weighted by Crippen LogP contribution is 2.08. The molecular formula is C18H36N4O. The molecule has 0 bridgehead atoms. The Balaban J connectivity index is 4.58. The topological polar surface area (TPSA) is 97.0 Å². The lowest BCUT2D eigenvalue weighted by atomic mass is 10.0. The molecule has 0 aromatic carbocycles. The van der Waals surface area contributed by atoms with Gasteiger partial charge < -0.3 is 16.6 Å². The zero-order valence-corrected chi connectivity index (χ0v) is 15.3. The van der Waals surface area contributed by atoms with Gasteiger partial charge in [0, 0.05) is 12.3 Å². The van der Waals surface area contributed by atoms with Crippen molar-refractivity contribution >= 4 is 11.7 Å². The molecule has 0 saturated heterocycles. The summed E-state index contributed by atoms with van der Waals surface area (Å²) >= 11 is 0. The van der Waals surface area contributed by atoms with Crippen molar-refractivity contribution in [1.29, 1.82) is 0 Å². The summed E-state index contributed by atoms with van der Waals surface area (Å²) in [4.78, 5) is 8.67. The predicted molar refractivity (Wildman–Crippen MR) is 101 cm³/mol. The van der Waals surface area contributed by atoms with Gasteiger partial charge in [0.05, 0.1) is 0 Å². The Labute approximate surface area is 142 Å². The lowest BCUT2D eigenvalue weighted by Gasteiger charge is -2.06. The summed E-state index contributed by atoms with van der Waals surface area (Å²) in [5.41, 5.74) is 12.2. The Morgan fingerprint density at radius 2 is 1.74 bits per heavy atom. The van der Waals surface area contributed by atoms with E-state index in [1.807, 2.05) is 0 Å². The average Bonchev–Trinajstić information content (AvgIpc) is 2.44. The Morgan fingerprint density at radius 1 is 1.09 bits per heavy atom. The summed E-state index contributed by atoms with van der Waals surface area (Å²) in [6.07, 6.45) is 8.94. The minimum Gasteiger partial charge on any atom is -0.379 e. The SMILES string of the molecule is CC(C)CC/C=C/C(CCC(C)C)=NC(N)=NCCCC(N)O. The highest BCUT2D eigenvalue weighted by atomic mass is 16.3. The quantitative estimate of drug-likeness (QED) is 0.235.